The Balaban J connectivity index is 2.16. The van der Waals surface area contributed by atoms with Gasteiger partial charge in [-0.05, 0) is 26.0 Å². The number of nitrogens with one attached hydrogen (secondary N) is 1. The Morgan fingerprint density at radius 2 is 2.37 bits per heavy atom. The van der Waals surface area contributed by atoms with Gasteiger partial charge >= 0.3 is 0 Å². The molecule has 0 spiro atoms. The first kappa shape index (κ1) is 14.0. The third-order valence-corrected chi connectivity index (χ3v) is 3.31. The van der Waals surface area contributed by atoms with Crippen molar-refractivity contribution in [1.29, 1.82) is 0 Å². The fourth-order valence-corrected chi connectivity index (χ4v) is 2.21. The number of carbonyl (C=O) groups excluding carboxylic acids is 1. The molecule has 0 saturated carbocycles. The van der Waals surface area contributed by atoms with Crippen LogP contribution in [0.1, 0.15) is 25.0 Å². The molecule has 1 aliphatic heterocycles. The number of amides is 1. The number of methoxy groups -OCH3 is 1. The summed E-state index contributed by atoms with van der Waals surface area (Å²) in [6.07, 6.45) is 1.07. The van der Waals surface area contributed by atoms with Gasteiger partial charge in [0.25, 0.3) is 0 Å². The summed E-state index contributed by atoms with van der Waals surface area (Å²) in [5, 5.41) is 2.22. The number of hydrogen-bond acceptors (Lipinski definition) is 3. The molecule has 19 heavy (non-hydrogen) atoms. The zero-order valence-electron chi connectivity index (χ0n) is 11.3. The van der Waals surface area contributed by atoms with Crippen molar-refractivity contribution in [3.8, 4) is 11.5 Å². The SMILES string of the molecule is COc1cc2c(cc1CNC(=O)C(C)Cl)OC(C)C2. The molecular weight excluding hydrogens is 266 g/mol. The highest BCUT2D eigenvalue weighted by atomic mass is 35.5. The van der Waals surface area contributed by atoms with E-state index in [2.05, 4.69) is 5.32 Å². The summed E-state index contributed by atoms with van der Waals surface area (Å²) in [5.41, 5.74) is 2.03. The third-order valence-electron chi connectivity index (χ3n) is 3.11. The lowest BCUT2D eigenvalue weighted by Crippen LogP contribution is -2.29. The first-order valence-corrected chi connectivity index (χ1v) is 6.73. The predicted molar refractivity (Wildman–Crippen MR) is 73.9 cm³/mol. The summed E-state index contributed by atoms with van der Waals surface area (Å²) in [7, 11) is 1.62. The summed E-state index contributed by atoms with van der Waals surface area (Å²) in [4.78, 5) is 11.5. The van der Waals surface area contributed by atoms with E-state index in [0.717, 1.165) is 29.0 Å². The minimum absolute atomic E-state index is 0.187. The Bertz CT molecular complexity index is 488. The van der Waals surface area contributed by atoms with E-state index in [1.807, 2.05) is 19.1 Å². The van der Waals surface area contributed by atoms with Crippen LogP contribution in [-0.2, 0) is 17.8 Å². The van der Waals surface area contributed by atoms with Crippen molar-refractivity contribution in [3.05, 3.63) is 23.3 Å². The molecule has 1 heterocycles. The summed E-state index contributed by atoms with van der Waals surface area (Å²) in [5.74, 6) is 1.44. The van der Waals surface area contributed by atoms with Gasteiger partial charge in [-0.2, -0.15) is 0 Å². The van der Waals surface area contributed by atoms with Gasteiger partial charge in [0.2, 0.25) is 5.91 Å². The van der Waals surface area contributed by atoms with Gasteiger partial charge in [-0.25, -0.2) is 0 Å². The number of benzene rings is 1. The van der Waals surface area contributed by atoms with Crippen LogP contribution in [0.15, 0.2) is 12.1 Å². The maximum Gasteiger partial charge on any atom is 0.238 e. The number of hydrogen-bond donors (Lipinski definition) is 1. The Morgan fingerprint density at radius 1 is 1.63 bits per heavy atom. The van der Waals surface area contributed by atoms with Crippen LogP contribution in [0.5, 0.6) is 11.5 Å². The highest BCUT2D eigenvalue weighted by Gasteiger charge is 2.22. The van der Waals surface area contributed by atoms with Crippen molar-refractivity contribution in [3.63, 3.8) is 0 Å². The topological polar surface area (TPSA) is 47.6 Å². The quantitative estimate of drug-likeness (QED) is 0.862. The van der Waals surface area contributed by atoms with Crippen LogP contribution in [0.3, 0.4) is 0 Å². The second-order valence-electron chi connectivity index (χ2n) is 4.74. The summed E-state index contributed by atoms with van der Waals surface area (Å²) >= 11 is 5.71. The van der Waals surface area contributed by atoms with Crippen molar-refractivity contribution in [2.45, 2.75) is 38.3 Å². The van der Waals surface area contributed by atoms with Crippen molar-refractivity contribution >= 4 is 17.5 Å². The molecule has 2 atom stereocenters. The molecule has 5 heteroatoms. The first-order valence-electron chi connectivity index (χ1n) is 6.29. The second kappa shape index (κ2) is 5.70. The van der Waals surface area contributed by atoms with E-state index in [1.54, 1.807) is 14.0 Å². The van der Waals surface area contributed by atoms with Crippen LogP contribution >= 0.6 is 11.6 Å². The Labute approximate surface area is 118 Å². The van der Waals surface area contributed by atoms with Crippen LogP contribution < -0.4 is 14.8 Å². The fraction of sp³-hybridized carbons (Fsp3) is 0.500. The zero-order chi connectivity index (χ0) is 14.0. The normalized spacial score (nSPS) is 18.4. The van der Waals surface area contributed by atoms with Crippen LogP contribution in [0.2, 0.25) is 0 Å². The van der Waals surface area contributed by atoms with Gasteiger partial charge < -0.3 is 14.8 Å². The van der Waals surface area contributed by atoms with Gasteiger partial charge in [0.05, 0.1) is 7.11 Å². The molecular formula is C14H18ClNO3. The number of carbonyl (C=O) groups is 1. The number of ether oxygens (including phenoxy) is 2. The number of alkyl halides is 1. The van der Waals surface area contributed by atoms with E-state index < -0.39 is 5.38 Å². The van der Waals surface area contributed by atoms with Crippen LogP contribution in [0, 0.1) is 0 Å². The lowest BCUT2D eigenvalue weighted by atomic mass is 10.1. The standard InChI is InChI=1S/C14H18ClNO3/c1-8-4-10-5-12(18-3)11(6-13(10)19-8)7-16-14(17)9(2)15/h5-6,8-9H,4,7H2,1-3H3,(H,16,17). The van der Waals surface area contributed by atoms with E-state index in [-0.39, 0.29) is 12.0 Å². The average molecular weight is 284 g/mol. The van der Waals surface area contributed by atoms with E-state index in [4.69, 9.17) is 21.1 Å². The summed E-state index contributed by atoms with van der Waals surface area (Å²) in [6.45, 7) is 4.05. The van der Waals surface area contributed by atoms with Gasteiger partial charge in [0.1, 0.15) is 23.0 Å². The number of halogens is 1. The minimum Gasteiger partial charge on any atom is -0.496 e. The smallest absolute Gasteiger partial charge is 0.238 e. The van der Waals surface area contributed by atoms with Gasteiger partial charge in [0, 0.05) is 24.1 Å². The summed E-state index contributed by atoms with van der Waals surface area (Å²) in [6, 6.07) is 3.90. The van der Waals surface area contributed by atoms with E-state index in [9.17, 15) is 4.79 Å². The lowest BCUT2D eigenvalue weighted by molar-refractivity contribution is -0.120. The Hall–Kier alpha value is -1.42. The molecule has 2 rings (SSSR count). The van der Waals surface area contributed by atoms with Gasteiger partial charge in [0.15, 0.2) is 0 Å². The molecule has 1 aromatic carbocycles. The van der Waals surface area contributed by atoms with Crippen molar-refractivity contribution in [2.75, 3.05) is 7.11 Å². The molecule has 1 aliphatic rings. The average Bonchev–Trinajstić information content (AvgIpc) is 2.73. The predicted octanol–water partition coefficient (Wildman–Crippen LogP) is 2.26. The maximum atomic E-state index is 11.5. The van der Waals surface area contributed by atoms with Crippen molar-refractivity contribution in [2.24, 2.45) is 0 Å². The Morgan fingerprint density at radius 3 is 3.00 bits per heavy atom. The molecule has 0 radical (unpaired) electrons. The first-order chi connectivity index (χ1) is 9.01. The van der Waals surface area contributed by atoms with E-state index in [1.165, 1.54) is 0 Å². The van der Waals surface area contributed by atoms with Gasteiger partial charge in [-0.1, -0.05) is 0 Å². The van der Waals surface area contributed by atoms with Crippen LogP contribution in [-0.4, -0.2) is 24.5 Å². The molecule has 0 bridgehead atoms. The van der Waals surface area contributed by atoms with Gasteiger partial charge in [-0.3, -0.25) is 4.79 Å². The highest BCUT2D eigenvalue weighted by molar-refractivity contribution is 6.30. The van der Waals surface area contributed by atoms with Gasteiger partial charge in [-0.15, -0.1) is 11.6 Å². The third kappa shape index (κ3) is 3.13. The highest BCUT2D eigenvalue weighted by Crippen LogP contribution is 2.34. The number of fused-ring (bicyclic) bond motifs is 1. The molecule has 4 nitrogen and oxygen atoms in total. The second-order valence-corrected chi connectivity index (χ2v) is 5.39. The molecule has 0 aliphatic carbocycles. The molecule has 1 aromatic rings. The lowest BCUT2D eigenvalue weighted by Gasteiger charge is -2.12. The molecule has 104 valence electrons. The molecule has 0 aromatic heterocycles. The van der Waals surface area contributed by atoms with Crippen molar-refractivity contribution in [1.82, 2.24) is 5.32 Å². The summed E-state index contributed by atoms with van der Waals surface area (Å²) < 4.78 is 11.1. The van der Waals surface area contributed by atoms with E-state index >= 15 is 0 Å². The maximum absolute atomic E-state index is 11.5. The number of rotatable bonds is 4. The zero-order valence-corrected chi connectivity index (χ0v) is 12.1. The van der Waals surface area contributed by atoms with Crippen LogP contribution in [0.4, 0.5) is 0 Å². The van der Waals surface area contributed by atoms with Crippen LogP contribution in [0.25, 0.3) is 0 Å². The molecule has 1 amide bonds. The Kier molecular flexibility index (Phi) is 4.20. The molecule has 1 N–H and O–H groups in total. The molecule has 0 saturated heterocycles. The minimum atomic E-state index is -0.545. The molecule has 2 unspecified atom stereocenters. The molecule has 0 fully saturated rings. The largest absolute Gasteiger partial charge is 0.496 e. The van der Waals surface area contributed by atoms with Crippen molar-refractivity contribution < 1.29 is 14.3 Å². The fourth-order valence-electron chi connectivity index (χ4n) is 2.13. The monoisotopic (exact) mass is 283 g/mol. The van der Waals surface area contributed by atoms with E-state index in [0.29, 0.717) is 6.54 Å².